The maximum atomic E-state index is 11.3. The van der Waals surface area contributed by atoms with Crippen LogP contribution in [0.1, 0.15) is 32.6 Å². The van der Waals surface area contributed by atoms with E-state index in [9.17, 15) is 4.79 Å². The average molecular weight is 150 g/mol. The molecule has 0 radical (unpaired) electrons. The predicted octanol–water partition coefficient (Wildman–Crippen LogP) is 2.32. The highest BCUT2D eigenvalue weighted by Gasteiger charge is 2.30. The molecular weight excluding hydrogens is 136 g/mol. The molecule has 0 aliphatic heterocycles. The van der Waals surface area contributed by atoms with E-state index in [-0.39, 0.29) is 0 Å². The molecule has 2 saturated carbocycles. The first-order valence-corrected chi connectivity index (χ1v) is 4.49. The summed E-state index contributed by atoms with van der Waals surface area (Å²) in [5, 5.41) is 0. The highest BCUT2D eigenvalue weighted by atomic mass is 16.1. The van der Waals surface area contributed by atoms with E-state index in [4.69, 9.17) is 0 Å². The van der Waals surface area contributed by atoms with Gasteiger partial charge in [0.2, 0.25) is 0 Å². The summed E-state index contributed by atoms with van der Waals surface area (Å²) >= 11 is 0. The average Bonchev–Trinajstić information content (AvgIpc) is 2.84. The predicted molar refractivity (Wildman–Crippen MR) is 44.2 cm³/mol. The third kappa shape index (κ3) is 1.70. The lowest BCUT2D eigenvalue weighted by molar-refractivity contribution is -0.115. The summed E-state index contributed by atoms with van der Waals surface area (Å²) in [6.45, 7) is 2.10. The fourth-order valence-corrected chi connectivity index (χ4v) is 1.37. The molecule has 0 heterocycles. The molecule has 2 fully saturated rings. The van der Waals surface area contributed by atoms with E-state index in [1.54, 1.807) is 0 Å². The molecule has 0 aromatic carbocycles. The Morgan fingerprint density at radius 1 is 1.18 bits per heavy atom. The zero-order chi connectivity index (χ0) is 7.84. The van der Waals surface area contributed by atoms with Gasteiger partial charge in [-0.3, -0.25) is 4.79 Å². The molecule has 0 spiro atoms. The van der Waals surface area contributed by atoms with Crippen LogP contribution in [0.2, 0.25) is 0 Å². The van der Waals surface area contributed by atoms with Crippen molar-refractivity contribution in [3.8, 4) is 0 Å². The van der Waals surface area contributed by atoms with Crippen LogP contribution in [0.3, 0.4) is 0 Å². The summed E-state index contributed by atoms with van der Waals surface area (Å²) < 4.78 is 0. The molecule has 0 aromatic rings. The first kappa shape index (κ1) is 7.08. The quantitative estimate of drug-likeness (QED) is 0.564. The number of carbonyl (C=O) groups is 1. The highest BCUT2D eigenvalue weighted by Crippen LogP contribution is 2.37. The van der Waals surface area contributed by atoms with Crippen LogP contribution in [-0.4, -0.2) is 5.78 Å². The smallest absolute Gasteiger partial charge is 0.158 e. The fourth-order valence-electron chi connectivity index (χ4n) is 1.37. The second-order valence-electron chi connectivity index (χ2n) is 3.84. The Morgan fingerprint density at radius 2 is 1.73 bits per heavy atom. The van der Waals surface area contributed by atoms with Gasteiger partial charge in [0.1, 0.15) is 0 Å². The molecule has 60 valence electrons. The van der Waals surface area contributed by atoms with E-state index >= 15 is 0 Å². The summed E-state index contributed by atoms with van der Waals surface area (Å²) in [5.41, 5.74) is 1.32. The van der Waals surface area contributed by atoms with E-state index < -0.39 is 0 Å². The van der Waals surface area contributed by atoms with E-state index in [1.165, 1.54) is 18.4 Å². The summed E-state index contributed by atoms with van der Waals surface area (Å²) in [5.74, 6) is 1.55. The Bertz CT molecular complexity index is 207. The molecule has 0 saturated heterocycles. The molecule has 2 aliphatic rings. The van der Waals surface area contributed by atoms with Crippen LogP contribution in [0.5, 0.6) is 0 Å². The Labute approximate surface area is 67.5 Å². The SMILES string of the molecule is C/C(=C/C(=O)C1CC1)C1CC1. The largest absolute Gasteiger partial charge is 0.295 e. The van der Waals surface area contributed by atoms with Crippen molar-refractivity contribution in [3.05, 3.63) is 11.6 Å². The minimum Gasteiger partial charge on any atom is -0.295 e. The third-order valence-corrected chi connectivity index (χ3v) is 2.57. The van der Waals surface area contributed by atoms with E-state index in [1.807, 2.05) is 6.08 Å². The van der Waals surface area contributed by atoms with Crippen molar-refractivity contribution in [3.63, 3.8) is 0 Å². The molecule has 2 rings (SSSR count). The normalized spacial score (nSPS) is 25.4. The summed E-state index contributed by atoms with van der Waals surface area (Å²) in [6, 6.07) is 0. The van der Waals surface area contributed by atoms with Crippen molar-refractivity contribution >= 4 is 5.78 Å². The van der Waals surface area contributed by atoms with Gasteiger partial charge in [0, 0.05) is 5.92 Å². The van der Waals surface area contributed by atoms with Gasteiger partial charge >= 0.3 is 0 Å². The second-order valence-corrected chi connectivity index (χ2v) is 3.84. The Kier molecular flexibility index (Phi) is 1.59. The van der Waals surface area contributed by atoms with Gasteiger partial charge in [0.15, 0.2) is 5.78 Å². The van der Waals surface area contributed by atoms with Gasteiger partial charge in [-0.05, 0) is 44.6 Å². The maximum Gasteiger partial charge on any atom is 0.158 e. The molecule has 0 amide bonds. The zero-order valence-electron chi connectivity index (χ0n) is 6.97. The number of ketones is 1. The van der Waals surface area contributed by atoms with Crippen molar-refractivity contribution in [1.82, 2.24) is 0 Å². The van der Waals surface area contributed by atoms with Crippen LogP contribution >= 0.6 is 0 Å². The number of hydrogen-bond donors (Lipinski definition) is 0. The molecule has 0 aromatic heterocycles. The van der Waals surface area contributed by atoms with Crippen LogP contribution in [0.4, 0.5) is 0 Å². The monoisotopic (exact) mass is 150 g/mol. The van der Waals surface area contributed by atoms with Gasteiger partial charge in [-0.25, -0.2) is 0 Å². The van der Waals surface area contributed by atoms with Gasteiger partial charge < -0.3 is 0 Å². The number of carbonyl (C=O) groups excluding carboxylic acids is 1. The Morgan fingerprint density at radius 3 is 2.18 bits per heavy atom. The van der Waals surface area contributed by atoms with Crippen molar-refractivity contribution in [2.75, 3.05) is 0 Å². The molecule has 0 bridgehead atoms. The van der Waals surface area contributed by atoms with Gasteiger partial charge in [0.05, 0.1) is 0 Å². The van der Waals surface area contributed by atoms with E-state index in [0.29, 0.717) is 11.7 Å². The minimum absolute atomic E-state index is 0.384. The number of hydrogen-bond acceptors (Lipinski definition) is 1. The molecular formula is C10H14O. The van der Waals surface area contributed by atoms with Gasteiger partial charge in [-0.1, -0.05) is 5.57 Å². The third-order valence-electron chi connectivity index (χ3n) is 2.57. The number of rotatable bonds is 3. The Balaban J connectivity index is 1.93. The summed E-state index contributed by atoms with van der Waals surface area (Å²) in [7, 11) is 0. The highest BCUT2D eigenvalue weighted by molar-refractivity contribution is 5.94. The zero-order valence-corrected chi connectivity index (χ0v) is 6.97. The minimum atomic E-state index is 0.384. The summed E-state index contributed by atoms with van der Waals surface area (Å²) in [4.78, 5) is 11.3. The van der Waals surface area contributed by atoms with Gasteiger partial charge in [-0.2, -0.15) is 0 Å². The molecule has 11 heavy (non-hydrogen) atoms. The second kappa shape index (κ2) is 2.47. The first-order chi connectivity index (χ1) is 5.27. The van der Waals surface area contributed by atoms with Crippen molar-refractivity contribution < 1.29 is 4.79 Å². The molecule has 0 unspecified atom stereocenters. The first-order valence-electron chi connectivity index (χ1n) is 4.49. The van der Waals surface area contributed by atoms with Crippen molar-refractivity contribution in [1.29, 1.82) is 0 Å². The van der Waals surface area contributed by atoms with Crippen molar-refractivity contribution in [2.45, 2.75) is 32.6 Å². The Hall–Kier alpha value is -0.590. The van der Waals surface area contributed by atoms with Crippen LogP contribution in [0.15, 0.2) is 11.6 Å². The lowest BCUT2D eigenvalue weighted by atomic mass is 10.1. The molecule has 2 aliphatic carbocycles. The topological polar surface area (TPSA) is 17.1 Å². The molecule has 1 nitrogen and oxygen atoms in total. The molecule has 0 N–H and O–H groups in total. The maximum absolute atomic E-state index is 11.3. The molecule has 0 atom stereocenters. The standard InChI is InChI=1S/C10H14O/c1-7(8-2-3-8)6-10(11)9-4-5-9/h6,8-9H,2-5H2,1H3/b7-6-. The van der Waals surface area contributed by atoms with Crippen LogP contribution in [0.25, 0.3) is 0 Å². The fraction of sp³-hybridized carbons (Fsp3) is 0.700. The number of allylic oxidation sites excluding steroid dienone is 2. The van der Waals surface area contributed by atoms with E-state index in [2.05, 4.69) is 6.92 Å². The van der Waals surface area contributed by atoms with E-state index in [0.717, 1.165) is 18.8 Å². The lowest BCUT2D eigenvalue weighted by Crippen LogP contribution is -1.96. The van der Waals surface area contributed by atoms with Crippen molar-refractivity contribution in [2.24, 2.45) is 11.8 Å². The summed E-state index contributed by atoms with van der Waals surface area (Å²) in [6.07, 6.45) is 6.76. The van der Waals surface area contributed by atoms with Crippen LogP contribution in [-0.2, 0) is 4.79 Å². The van der Waals surface area contributed by atoms with Crippen LogP contribution in [0, 0.1) is 11.8 Å². The van der Waals surface area contributed by atoms with Gasteiger partial charge in [-0.15, -0.1) is 0 Å². The van der Waals surface area contributed by atoms with Crippen LogP contribution < -0.4 is 0 Å². The lowest BCUT2D eigenvalue weighted by Gasteiger charge is -1.94. The molecule has 1 heteroatoms. The van der Waals surface area contributed by atoms with Gasteiger partial charge in [0.25, 0.3) is 0 Å².